The number of hydrogen-bond acceptors (Lipinski definition) is 3. The molecule has 1 heterocycles. The molecule has 2 rings (SSSR count). The molecule has 1 fully saturated rings. The normalized spacial score (nSPS) is 27.5. The highest BCUT2D eigenvalue weighted by Crippen LogP contribution is 2.27. The van der Waals surface area contributed by atoms with Crippen molar-refractivity contribution in [2.45, 2.75) is 31.1 Å². The van der Waals surface area contributed by atoms with Crippen molar-refractivity contribution in [3.05, 3.63) is 11.6 Å². The van der Waals surface area contributed by atoms with E-state index in [1.807, 2.05) is 11.6 Å². The third-order valence-corrected chi connectivity index (χ3v) is 3.92. The van der Waals surface area contributed by atoms with Gasteiger partial charge in [0.25, 0.3) is 0 Å². The largest absolute Gasteiger partial charge is 0.361 e. The standard InChI is InChI=1S/C10H15ClN2S/c11-9-3-1-8(2-4-9)7-13-10-12-5-6-14-10/h5-6,8-9H,1-4,7H2,(H,12,13). The monoisotopic (exact) mass is 230 g/mol. The highest BCUT2D eigenvalue weighted by molar-refractivity contribution is 7.13. The number of alkyl halides is 1. The molecule has 1 saturated carbocycles. The minimum absolute atomic E-state index is 0.422. The summed E-state index contributed by atoms with van der Waals surface area (Å²) in [6, 6.07) is 0. The maximum Gasteiger partial charge on any atom is 0.182 e. The highest BCUT2D eigenvalue weighted by atomic mass is 35.5. The van der Waals surface area contributed by atoms with Gasteiger partial charge in [0, 0.05) is 23.5 Å². The van der Waals surface area contributed by atoms with Crippen LogP contribution in [0.2, 0.25) is 0 Å². The Labute approximate surface area is 93.7 Å². The van der Waals surface area contributed by atoms with Gasteiger partial charge in [0.05, 0.1) is 0 Å². The lowest BCUT2D eigenvalue weighted by Crippen LogP contribution is -2.21. The van der Waals surface area contributed by atoms with Gasteiger partial charge in [-0.25, -0.2) is 4.98 Å². The van der Waals surface area contributed by atoms with Gasteiger partial charge in [-0.1, -0.05) is 0 Å². The molecule has 1 aromatic rings. The van der Waals surface area contributed by atoms with E-state index in [0.29, 0.717) is 5.38 Å². The van der Waals surface area contributed by atoms with Crippen molar-refractivity contribution in [2.24, 2.45) is 5.92 Å². The molecular weight excluding hydrogens is 216 g/mol. The number of nitrogens with zero attached hydrogens (tertiary/aromatic N) is 1. The fourth-order valence-corrected chi connectivity index (χ4v) is 2.66. The van der Waals surface area contributed by atoms with Crippen molar-refractivity contribution in [1.82, 2.24) is 4.98 Å². The third-order valence-electron chi connectivity index (χ3n) is 2.75. The zero-order valence-electron chi connectivity index (χ0n) is 8.08. The molecule has 0 aromatic carbocycles. The predicted octanol–water partition coefficient (Wildman–Crippen LogP) is 3.35. The van der Waals surface area contributed by atoms with Crippen LogP contribution in [0.4, 0.5) is 5.13 Å². The second-order valence-electron chi connectivity index (χ2n) is 3.84. The second-order valence-corrected chi connectivity index (χ2v) is 5.35. The van der Waals surface area contributed by atoms with Crippen molar-refractivity contribution in [1.29, 1.82) is 0 Å². The molecule has 1 aromatic heterocycles. The van der Waals surface area contributed by atoms with Crippen LogP contribution in [0, 0.1) is 5.92 Å². The summed E-state index contributed by atoms with van der Waals surface area (Å²) < 4.78 is 0. The van der Waals surface area contributed by atoms with Gasteiger partial charge < -0.3 is 5.32 Å². The first-order chi connectivity index (χ1) is 6.84. The molecule has 14 heavy (non-hydrogen) atoms. The Balaban J connectivity index is 1.71. The van der Waals surface area contributed by atoms with E-state index in [2.05, 4.69) is 10.3 Å². The van der Waals surface area contributed by atoms with Gasteiger partial charge in [0.1, 0.15) is 0 Å². The van der Waals surface area contributed by atoms with Crippen molar-refractivity contribution >= 4 is 28.1 Å². The van der Waals surface area contributed by atoms with Gasteiger partial charge in [-0.05, 0) is 31.6 Å². The molecule has 0 spiro atoms. The van der Waals surface area contributed by atoms with Gasteiger partial charge in [0.2, 0.25) is 0 Å². The topological polar surface area (TPSA) is 24.9 Å². The van der Waals surface area contributed by atoms with Crippen LogP contribution >= 0.6 is 22.9 Å². The van der Waals surface area contributed by atoms with E-state index in [-0.39, 0.29) is 0 Å². The molecule has 0 atom stereocenters. The summed E-state index contributed by atoms with van der Waals surface area (Å²) in [5.41, 5.74) is 0. The molecular formula is C10H15ClN2S. The number of hydrogen-bond donors (Lipinski definition) is 1. The van der Waals surface area contributed by atoms with Gasteiger partial charge in [-0.15, -0.1) is 22.9 Å². The number of nitrogens with one attached hydrogen (secondary N) is 1. The van der Waals surface area contributed by atoms with Gasteiger partial charge in [-0.2, -0.15) is 0 Å². The van der Waals surface area contributed by atoms with E-state index in [9.17, 15) is 0 Å². The zero-order chi connectivity index (χ0) is 9.80. The molecule has 0 bridgehead atoms. The van der Waals surface area contributed by atoms with Gasteiger partial charge >= 0.3 is 0 Å². The Morgan fingerprint density at radius 1 is 1.43 bits per heavy atom. The fourth-order valence-electron chi connectivity index (χ4n) is 1.87. The molecule has 0 aliphatic heterocycles. The molecule has 1 aliphatic carbocycles. The van der Waals surface area contributed by atoms with Crippen LogP contribution in [0.5, 0.6) is 0 Å². The summed E-state index contributed by atoms with van der Waals surface area (Å²) >= 11 is 7.71. The van der Waals surface area contributed by atoms with Crippen molar-refractivity contribution in [3.63, 3.8) is 0 Å². The zero-order valence-corrected chi connectivity index (χ0v) is 9.65. The van der Waals surface area contributed by atoms with E-state index in [1.165, 1.54) is 25.7 Å². The Kier molecular flexibility index (Phi) is 3.65. The fraction of sp³-hybridized carbons (Fsp3) is 0.700. The minimum Gasteiger partial charge on any atom is -0.361 e. The number of rotatable bonds is 3. The highest BCUT2D eigenvalue weighted by Gasteiger charge is 2.19. The van der Waals surface area contributed by atoms with Crippen LogP contribution in [-0.4, -0.2) is 16.9 Å². The van der Waals surface area contributed by atoms with E-state index in [4.69, 9.17) is 11.6 Å². The van der Waals surface area contributed by atoms with Crippen LogP contribution in [0.1, 0.15) is 25.7 Å². The Morgan fingerprint density at radius 2 is 2.21 bits per heavy atom. The molecule has 78 valence electrons. The number of thiazole rings is 1. The van der Waals surface area contributed by atoms with Crippen LogP contribution in [0.15, 0.2) is 11.6 Å². The van der Waals surface area contributed by atoms with Crippen molar-refractivity contribution in [2.75, 3.05) is 11.9 Å². The van der Waals surface area contributed by atoms with Gasteiger partial charge in [-0.3, -0.25) is 0 Å². The van der Waals surface area contributed by atoms with Crippen LogP contribution in [0.3, 0.4) is 0 Å². The number of anilines is 1. The molecule has 0 saturated heterocycles. The summed E-state index contributed by atoms with van der Waals surface area (Å²) in [7, 11) is 0. The maximum atomic E-state index is 6.05. The smallest absolute Gasteiger partial charge is 0.182 e. The Morgan fingerprint density at radius 3 is 2.86 bits per heavy atom. The van der Waals surface area contributed by atoms with Gasteiger partial charge in [0.15, 0.2) is 5.13 Å². The second kappa shape index (κ2) is 4.99. The summed E-state index contributed by atoms with van der Waals surface area (Å²) in [6.45, 7) is 1.05. The van der Waals surface area contributed by atoms with Crippen molar-refractivity contribution in [3.8, 4) is 0 Å². The average Bonchev–Trinajstić information content (AvgIpc) is 2.70. The van der Waals surface area contributed by atoms with E-state index >= 15 is 0 Å². The van der Waals surface area contributed by atoms with Crippen LogP contribution < -0.4 is 5.32 Å². The lowest BCUT2D eigenvalue weighted by molar-refractivity contribution is 0.378. The third kappa shape index (κ3) is 2.85. The quantitative estimate of drug-likeness (QED) is 0.806. The Bertz CT molecular complexity index is 255. The van der Waals surface area contributed by atoms with Crippen molar-refractivity contribution < 1.29 is 0 Å². The lowest BCUT2D eigenvalue weighted by Gasteiger charge is -2.24. The molecule has 2 nitrogen and oxygen atoms in total. The maximum absolute atomic E-state index is 6.05. The molecule has 1 aliphatic rings. The molecule has 1 N–H and O–H groups in total. The average molecular weight is 231 g/mol. The SMILES string of the molecule is ClC1CCC(CNc2nccs2)CC1. The lowest BCUT2D eigenvalue weighted by atomic mass is 9.89. The number of aromatic nitrogens is 1. The first-order valence-electron chi connectivity index (χ1n) is 5.12. The summed E-state index contributed by atoms with van der Waals surface area (Å²) in [4.78, 5) is 4.20. The first kappa shape index (κ1) is 10.2. The first-order valence-corrected chi connectivity index (χ1v) is 6.43. The molecule has 0 unspecified atom stereocenters. The Hall–Kier alpha value is -0.280. The summed E-state index contributed by atoms with van der Waals surface area (Å²) in [5, 5.41) is 6.83. The van der Waals surface area contributed by atoms with Crippen LogP contribution in [0.25, 0.3) is 0 Å². The van der Waals surface area contributed by atoms with E-state index in [0.717, 1.165) is 17.6 Å². The predicted molar refractivity (Wildman–Crippen MR) is 62.2 cm³/mol. The molecule has 0 radical (unpaired) electrons. The van der Waals surface area contributed by atoms with E-state index in [1.54, 1.807) is 11.3 Å². The molecule has 4 heteroatoms. The summed E-state index contributed by atoms with van der Waals surface area (Å²) in [5.74, 6) is 0.786. The molecule has 0 amide bonds. The van der Waals surface area contributed by atoms with Crippen LogP contribution in [-0.2, 0) is 0 Å². The number of halogens is 1. The minimum atomic E-state index is 0.422. The summed E-state index contributed by atoms with van der Waals surface area (Å²) in [6.07, 6.45) is 6.69. The van der Waals surface area contributed by atoms with E-state index < -0.39 is 0 Å².